The van der Waals surface area contributed by atoms with Crippen LogP contribution in [-0.2, 0) is 6.54 Å². The third kappa shape index (κ3) is 5.60. The number of benzene rings is 2. The minimum absolute atomic E-state index is 0.0256. The maximum atomic E-state index is 15.2. The van der Waals surface area contributed by atoms with Gasteiger partial charge in [0.1, 0.15) is 40.5 Å². The third-order valence-electron chi connectivity index (χ3n) is 6.98. The molecule has 0 radical (unpaired) electrons. The Bertz CT molecular complexity index is 1440. The molecule has 9 nitrogen and oxygen atoms in total. The number of carbonyl (C=O) groups is 2. The second-order valence-corrected chi connectivity index (χ2v) is 9.88. The van der Waals surface area contributed by atoms with Crippen molar-refractivity contribution >= 4 is 17.6 Å². The number of aromatic nitrogens is 2. The number of nitrogens with one attached hydrogen (secondary N) is 1. The standard InChI is InChI=1S/C27H30F4N6O3/c1-14(2)36-9-8-21(27(30,31)13-36)37-24(32)22(25(33)38)23(35-37)15-4-5-16(19(29)10-15)12-34-26(39)18-11-17(28)6-7-20(18)40-3/h4-7,10-11,14,21H,8-9,12-13,32H2,1-3H3,(H2,33,38)(H,34,39). The number of amides is 2. The molecule has 4 rings (SSSR count). The number of alkyl halides is 2. The van der Waals surface area contributed by atoms with Crippen LogP contribution in [0.25, 0.3) is 11.3 Å². The van der Waals surface area contributed by atoms with E-state index in [1.807, 2.05) is 13.8 Å². The molecule has 0 saturated carbocycles. The van der Waals surface area contributed by atoms with Gasteiger partial charge in [-0.3, -0.25) is 14.5 Å². The first kappa shape index (κ1) is 28.9. The van der Waals surface area contributed by atoms with Gasteiger partial charge in [-0.25, -0.2) is 22.2 Å². The van der Waals surface area contributed by atoms with Gasteiger partial charge >= 0.3 is 0 Å². The molecule has 1 unspecified atom stereocenters. The zero-order chi connectivity index (χ0) is 29.4. The number of halogens is 4. The van der Waals surface area contributed by atoms with E-state index in [2.05, 4.69) is 10.4 Å². The van der Waals surface area contributed by atoms with Crippen LogP contribution in [0.15, 0.2) is 36.4 Å². The summed E-state index contributed by atoms with van der Waals surface area (Å²) in [6, 6.07) is 5.71. The number of anilines is 1. The fourth-order valence-electron chi connectivity index (χ4n) is 4.79. The average molecular weight is 563 g/mol. The number of nitrogens with zero attached hydrogens (tertiary/aromatic N) is 3. The second-order valence-electron chi connectivity index (χ2n) is 9.88. The van der Waals surface area contributed by atoms with E-state index in [1.54, 1.807) is 4.90 Å². The van der Waals surface area contributed by atoms with Gasteiger partial charge in [0.25, 0.3) is 17.7 Å². The van der Waals surface area contributed by atoms with Crippen molar-refractivity contribution in [1.29, 1.82) is 0 Å². The topological polar surface area (TPSA) is 128 Å². The molecule has 1 aliphatic rings. The van der Waals surface area contributed by atoms with Crippen LogP contribution in [0.1, 0.15) is 52.6 Å². The van der Waals surface area contributed by atoms with E-state index in [4.69, 9.17) is 16.2 Å². The molecular weight excluding hydrogens is 532 g/mol. The van der Waals surface area contributed by atoms with Gasteiger partial charge in [-0.2, -0.15) is 5.10 Å². The monoisotopic (exact) mass is 562 g/mol. The van der Waals surface area contributed by atoms with Gasteiger partial charge in [-0.05, 0) is 44.5 Å². The van der Waals surface area contributed by atoms with Crippen molar-refractivity contribution in [1.82, 2.24) is 20.0 Å². The van der Waals surface area contributed by atoms with Crippen molar-refractivity contribution < 1.29 is 31.9 Å². The molecule has 1 aromatic heterocycles. The van der Waals surface area contributed by atoms with Crippen molar-refractivity contribution in [2.24, 2.45) is 5.73 Å². The summed E-state index contributed by atoms with van der Waals surface area (Å²) in [6.07, 6.45) is 0.0256. The number of hydrogen-bond donors (Lipinski definition) is 3. The molecule has 13 heteroatoms. The smallest absolute Gasteiger partial charge is 0.282 e. The highest BCUT2D eigenvalue weighted by molar-refractivity contribution is 6.03. The van der Waals surface area contributed by atoms with Gasteiger partial charge in [0.15, 0.2) is 0 Å². The van der Waals surface area contributed by atoms with E-state index < -0.39 is 42.0 Å². The zero-order valence-electron chi connectivity index (χ0n) is 22.2. The number of methoxy groups -OCH3 is 1. The summed E-state index contributed by atoms with van der Waals surface area (Å²) in [7, 11) is 1.33. The molecule has 0 spiro atoms. The summed E-state index contributed by atoms with van der Waals surface area (Å²) in [5.41, 5.74) is 11.3. The lowest BCUT2D eigenvalue weighted by atomic mass is 9.99. The molecule has 0 bridgehead atoms. The predicted octanol–water partition coefficient (Wildman–Crippen LogP) is 3.74. The number of carbonyl (C=O) groups excluding carboxylic acids is 2. The molecule has 214 valence electrons. The molecule has 40 heavy (non-hydrogen) atoms. The molecule has 5 N–H and O–H groups in total. The SMILES string of the molecule is COc1ccc(F)cc1C(=O)NCc1ccc(-c2nn(C3CCN(C(C)C)CC3(F)F)c(N)c2C(N)=O)cc1F. The highest BCUT2D eigenvalue weighted by Gasteiger charge is 2.48. The fourth-order valence-corrected chi connectivity index (χ4v) is 4.79. The Kier molecular flexibility index (Phi) is 8.05. The zero-order valence-corrected chi connectivity index (χ0v) is 22.2. The van der Waals surface area contributed by atoms with Crippen LogP contribution in [0, 0.1) is 11.6 Å². The predicted molar refractivity (Wildman–Crippen MR) is 140 cm³/mol. The first-order chi connectivity index (χ1) is 18.8. The van der Waals surface area contributed by atoms with E-state index in [-0.39, 0.29) is 58.5 Å². The maximum absolute atomic E-state index is 15.2. The summed E-state index contributed by atoms with van der Waals surface area (Å²) in [4.78, 5) is 26.5. The largest absolute Gasteiger partial charge is 0.496 e. The normalized spacial score (nSPS) is 17.1. The minimum atomic E-state index is -3.20. The van der Waals surface area contributed by atoms with E-state index in [9.17, 15) is 14.0 Å². The van der Waals surface area contributed by atoms with Crippen molar-refractivity contribution in [2.45, 2.75) is 44.8 Å². The first-order valence-corrected chi connectivity index (χ1v) is 12.5. The molecule has 1 saturated heterocycles. The van der Waals surface area contributed by atoms with E-state index in [0.29, 0.717) is 6.54 Å². The van der Waals surface area contributed by atoms with Crippen molar-refractivity contribution in [3.63, 3.8) is 0 Å². The van der Waals surface area contributed by atoms with E-state index in [0.717, 1.165) is 22.9 Å². The quantitative estimate of drug-likeness (QED) is 0.359. The number of nitrogens with two attached hydrogens (primary N) is 2. The van der Waals surface area contributed by atoms with Crippen LogP contribution < -0.4 is 21.5 Å². The lowest BCUT2D eigenvalue weighted by molar-refractivity contribution is -0.112. The van der Waals surface area contributed by atoms with E-state index in [1.165, 1.54) is 25.3 Å². The highest BCUT2D eigenvalue weighted by atomic mass is 19.3. The number of nitrogen functional groups attached to an aromatic ring is 1. The lowest BCUT2D eigenvalue weighted by Gasteiger charge is -2.40. The molecule has 1 aliphatic heterocycles. The Hall–Kier alpha value is -4.13. The van der Waals surface area contributed by atoms with Crippen molar-refractivity contribution in [3.8, 4) is 17.0 Å². The molecule has 2 aromatic carbocycles. The minimum Gasteiger partial charge on any atom is -0.496 e. The van der Waals surface area contributed by atoms with Crippen LogP contribution >= 0.6 is 0 Å². The highest BCUT2D eigenvalue weighted by Crippen LogP contribution is 2.40. The van der Waals surface area contributed by atoms with Crippen molar-refractivity contribution in [2.75, 3.05) is 25.9 Å². The summed E-state index contributed by atoms with van der Waals surface area (Å²) >= 11 is 0. The van der Waals surface area contributed by atoms with Crippen LogP contribution in [0.5, 0.6) is 5.75 Å². The van der Waals surface area contributed by atoms with Crippen molar-refractivity contribution in [3.05, 3.63) is 64.7 Å². The summed E-state index contributed by atoms with van der Waals surface area (Å²) < 4.78 is 65.0. The summed E-state index contributed by atoms with van der Waals surface area (Å²) in [6.45, 7) is 3.25. The van der Waals surface area contributed by atoms with Crippen LogP contribution in [0.3, 0.4) is 0 Å². The van der Waals surface area contributed by atoms with Gasteiger partial charge in [0.2, 0.25) is 0 Å². The molecule has 3 aromatic rings. The Balaban J connectivity index is 1.60. The number of likely N-dealkylation sites (tertiary alicyclic amines) is 1. The van der Waals surface area contributed by atoms with Crippen LogP contribution in [0.4, 0.5) is 23.4 Å². The Morgan fingerprint density at radius 3 is 2.52 bits per heavy atom. The lowest BCUT2D eigenvalue weighted by Crippen LogP contribution is -2.51. The first-order valence-electron chi connectivity index (χ1n) is 12.5. The van der Waals surface area contributed by atoms with E-state index >= 15 is 13.2 Å². The van der Waals surface area contributed by atoms with Gasteiger partial charge in [0, 0.05) is 30.3 Å². The van der Waals surface area contributed by atoms with Gasteiger partial charge in [0.05, 0.1) is 19.2 Å². The number of primary amides is 1. The summed E-state index contributed by atoms with van der Waals surface area (Å²) in [5, 5.41) is 6.71. The third-order valence-corrected chi connectivity index (χ3v) is 6.98. The van der Waals surface area contributed by atoms with Crippen LogP contribution in [0.2, 0.25) is 0 Å². The fraction of sp³-hybridized carbons (Fsp3) is 0.370. The molecule has 2 amide bonds. The van der Waals surface area contributed by atoms with Crippen LogP contribution in [-0.4, -0.2) is 58.7 Å². The summed E-state index contributed by atoms with van der Waals surface area (Å²) in [5.74, 6) is -6.49. The maximum Gasteiger partial charge on any atom is 0.282 e. The molecule has 2 heterocycles. The van der Waals surface area contributed by atoms with Gasteiger partial charge < -0.3 is 21.5 Å². The number of rotatable bonds is 8. The average Bonchev–Trinajstić information content (AvgIpc) is 3.23. The second kappa shape index (κ2) is 11.2. The Morgan fingerprint density at radius 2 is 1.93 bits per heavy atom. The molecule has 0 aliphatic carbocycles. The molecule has 1 atom stereocenters. The molecular formula is C27H30F4N6O3. The number of piperidine rings is 1. The Labute approximate surface area is 228 Å². The van der Waals surface area contributed by atoms with Gasteiger partial charge in [-0.15, -0.1) is 0 Å². The Morgan fingerprint density at radius 1 is 1.20 bits per heavy atom. The molecule has 1 fully saturated rings. The number of hydrogen-bond acceptors (Lipinski definition) is 6. The number of ether oxygens (including phenoxy) is 1. The van der Waals surface area contributed by atoms with Gasteiger partial charge in [-0.1, -0.05) is 12.1 Å².